The Kier molecular flexibility index (Phi) is 5.66. The van der Waals surface area contributed by atoms with E-state index in [0.717, 1.165) is 29.8 Å². The molecule has 1 amide bonds. The lowest BCUT2D eigenvalue weighted by atomic mass is 9.96. The Morgan fingerprint density at radius 2 is 1.46 bits per heavy atom. The van der Waals surface area contributed by atoms with Gasteiger partial charge in [0.05, 0.1) is 38.0 Å². The van der Waals surface area contributed by atoms with E-state index in [-0.39, 0.29) is 33.5 Å². The number of nitro benzene ring substituents is 3. The quantitative estimate of drug-likeness (QED) is 0.235. The van der Waals surface area contributed by atoms with Crippen LogP contribution in [0.1, 0.15) is 40.0 Å². The number of hydrogen-bond acceptors (Lipinski definition) is 9. The van der Waals surface area contributed by atoms with E-state index in [1.165, 1.54) is 0 Å². The fourth-order valence-electron chi connectivity index (χ4n) is 4.03. The number of hydrogen-bond donors (Lipinski definition) is 2. The Bertz CT molecular complexity index is 1450. The van der Waals surface area contributed by atoms with Crippen LogP contribution < -0.4 is 5.32 Å². The van der Waals surface area contributed by atoms with E-state index < -0.39 is 43.8 Å². The molecule has 35 heavy (non-hydrogen) atoms. The minimum absolute atomic E-state index is 0.0993. The summed E-state index contributed by atoms with van der Waals surface area (Å²) in [6.07, 6.45) is 0. The first kappa shape index (κ1) is 23.0. The number of carbonyl (C=O) groups excluding carboxylic acids is 1. The van der Waals surface area contributed by atoms with Crippen molar-refractivity contribution in [3.8, 4) is 11.1 Å². The van der Waals surface area contributed by atoms with Crippen molar-refractivity contribution in [3.05, 3.63) is 107 Å². The molecule has 0 fully saturated rings. The van der Waals surface area contributed by atoms with Gasteiger partial charge in [-0.05, 0) is 12.5 Å². The molecule has 0 radical (unpaired) electrons. The summed E-state index contributed by atoms with van der Waals surface area (Å²) in [6, 6.07) is 11.9. The first-order chi connectivity index (χ1) is 16.6. The molecule has 3 aromatic carbocycles. The van der Waals surface area contributed by atoms with Crippen LogP contribution in [-0.2, 0) is 0 Å². The highest BCUT2D eigenvalue weighted by molar-refractivity contribution is 6.28. The van der Waals surface area contributed by atoms with Crippen molar-refractivity contribution in [1.82, 2.24) is 5.32 Å². The molecule has 4 rings (SSSR count). The maximum atomic E-state index is 13.3. The minimum Gasteiger partial charge on any atom is -0.410 e. The summed E-state index contributed by atoms with van der Waals surface area (Å²) in [5.74, 6) is -0.779. The van der Waals surface area contributed by atoms with Crippen molar-refractivity contribution < 1.29 is 24.8 Å². The summed E-state index contributed by atoms with van der Waals surface area (Å²) in [5.41, 5.74) is -2.46. The second-order valence-corrected chi connectivity index (χ2v) is 7.63. The van der Waals surface area contributed by atoms with Crippen LogP contribution in [0.25, 0.3) is 11.1 Å². The van der Waals surface area contributed by atoms with Crippen LogP contribution in [0.3, 0.4) is 0 Å². The maximum Gasteiger partial charge on any atom is 0.284 e. The molecule has 2 N–H and O–H groups in total. The molecule has 13 nitrogen and oxygen atoms in total. The molecule has 1 unspecified atom stereocenters. The second kappa shape index (κ2) is 8.62. The van der Waals surface area contributed by atoms with Crippen LogP contribution >= 0.6 is 0 Å². The molecule has 0 heterocycles. The number of nitro groups is 3. The van der Waals surface area contributed by atoms with E-state index in [9.17, 15) is 40.3 Å². The maximum absolute atomic E-state index is 13.3. The lowest BCUT2D eigenvalue weighted by molar-refractivity contribution is -0.393. The number of amides is 1. The molecule has 1 atom stereocenters. The minimum atomic E-state index is -0.869. The molecular weight excluding hydrogens is 462 g/mol. The Morgan fingerprint density at radius 1 is 0.886 bits per heavy atom. The third-order valence-electron chi connectivity index (χ3n) is 5.60. The van der Waals surface area contributed by atoms with E-state index >= 15 is 0 Å². The first-order valence-corrected chi connectivity index (χ1v) is 10.0. The summed E-state index contributed by atoms with van der Waals surface area (Å²) in [7, 11) is 0. The van der Waals surface area contributed by atoms with Crippen molar-refractivity contribution in [1.29, 1.82) is 0 Å². The van der Waals surface area contributed by atoms with Gasteiger partial charge in [-0.25, -0.2) is 0 Å². The standard InChI is InChI=1S/C22H15N5O8/c1-11(12-5-3-2-4-6-12)23-22(28)17-9-13(25(30)31)7-15-19(17)20-16(21(15)24-29)8-14(26(32)33)10-18(20)27(34)35/h2-11,29H,1H3,(H,23,28)/b24-21-. The highest BCUT2D eigenvalue weighted by Gasteiger charge is 2.39. The van der Waals surface area contributed by atoms with Gasteiger partial charge in [0.1, 0.15) is 5.71 Å². The molecular formula is C22H15N5O8. The fraction of sp³-hybridized carbons (Fsp3) is 0.0909. The van der Waals surface area contributed by atoms with E-state index in [2.05, 4.69) is 10.5 Å². The second-order valence-electron chi connectivity index (χ2n) is 7.63. The number of nitrogens with one attached hydrogen (secondary N) is 1. The molecule has 0 spiro atoms. The Balaban J connectivity index is 1.98. The SMILES string of the molecule is CC(NC(=O)c1cc([N+](=O)[O-])cc2c1-c1c(cc([N+](=O)[O-])cc1[N+](=O)[O-])/C2=N\O)c1ccccc1. The van der Waals surface area contributed by atoms with Crippen LogP contribution in [0, 0.1) is 30.3 Å². The average molecular weight is 477 g/mol. The van der Waals surface area contributed by atoms with Crippen molar-refractivity contribution >= 4 is 28.7 Å². The van der Waals surface area contributed by atoms with Gasteiger partial charge in [0.2, 0.25) is 0 Å². The van der Waals surface area contributed by atoms with Crippen LogP contribution in [0.5, 0.6) is 0 Å². The van der Waals surface area contributed by atoms with Crippen molar-refractivity contribution in [3.63, 3.8) is 0 Å². The molecule has 0 aliphatic heterocycles. The van der Waals surface area contributed by atoms with Crippen LogP contribution in [0.2, 0.25) is 0 Å². The van der Waals surface area contributed by atoms with Crippen LogP contribution in [0.4, 0.5) is 17.1 Å². The van der Waals surface area contributed by atoms with Gasteiger partial charge in [0, 0.05) is 34.9 Å². The molecule has 0 saturated carbocycles. The fourth-order valence-corrected chi connectivity index (χ4v) is 4.03. The summed E-state index contributed by atoms with van der Waals surface area (Å²) in [5, 5.41) is 50.2. The van der Waals surface area contributed by atoms with E-state index in [1.807, 2.05) is 0 Å². The zero-order valence-electron chi connectivity index (χ0n) is 17.9. The number of rotatable bonds is 6. The van der Waals surface area contributed by atoms with E-state index in [4.69, 9.17) is 0 Å². The molecule has 0 aromatic heterocycles. The number of benzene rings is 3. The summed E-state index contributed by atoms with van der Waals surface area (Å²) in [4.78, 5) is 45.6. The van der Waals surface area contributed by atoms with Gasteiger partial charge in [0.15, 0.2) is 0 Å². The predicted octanol–water partition coefficient (Wildman–Crippen LogP) is 4.11. The molecule has 3 aromatic rings. The molecule has 13 heteroatoms. The number of non-ortho nitro benzene ring substituents is 2. The zero-order chi connectivity index (χ0) is 25.4. The highest BCUT2D eigenvalue weighted by atomic mass is 16.6. The van der Waals surface area contributed by atoms with Gasteiger partial charge >= 0.3 is 0 Å². The van der Waals surface area contributed by atoms with Gasteiger partial charge in [0.25, 0.3) is 23.0 Å². The number of oxime groups is 1. The normalized spacial score (nSPS) is 13.6. The summed E-state index contributed by atoms with van der Waals surface area (Å²) in [6.45, 7) is 1.69. The van der Waals surface area contributed by atoms with Gasteiger partial charge in [-0.3, -0.25) is 35.1 Å². The monoisotopic (exact) mass is 477 g/mol. The van der Waals surface area contributed by atoms with Crippen molar-refractivity contribution in [2.45, 2.75) is 13.0 Å². The van der Waals surface area contributed by atoms with Gasteiger partial charge < -0.3 is 10.5 Å². The van der Waals surface area contributed by atoms with Gasteiger partial charge in [-0.1, -0.05) is 35.5 Å². The number of carbonyl (C=O) groups is 1. The summed E-state index contributed by atoms with van der Waals surface area (Å²) < 4.78 is 0. The van der Waals surface area contributed by atoms with E-state index in [1.54, 1.807) is 37.3 Å². The Morgan fingerprint density at radius 3 is 2.00 bits per heavy atom. The third-order valence-corrected chi connectivity index (χ3v) is 5.60. The lowest BCUT2D eigenvalue weighted by Crippen LogP contribution is -2.27. The van der Waals surface area contributed by atoms with Gasteiger partial charge in [-0.15, -0.1) is 0 Å². The predicted molar refractivity (Wildman–Crippen MR) is 122 cm³/mol. The Hall–Kier alpha value is -5.20. The molecule has 1 aliphatic carbocycles. The number of fused-ring (bicyclic) bond motifs is 3. The zero-order valence-corrected chi connectivity index (χ0v) is 17.9. The number of nitrogens with zero attached hydrogens (tertiary/aromatic N) is 4. The summed E-state index contributed by atoms with van der Waals surface area (Å²) >= 11 is 0. The molecule has 0 saturated heterocycles. The van der Waals surface area contributed by atoms with Crippen LogP contribution in [-0.4, -0.2) is 31.6 Å². The third kappa shape index (κ3) is 3.90. The highest BCUT2D eigenvalue weighted by Crippen LogP contribution is 2.47. The molecule has 176 valence electrons. The van der Waals surface area contributed by atoms with Crippen LogP contribution in [0.15, 0.2) is 59.8 Å². The first-order valence-electron chi connectivity index (χ1n) is 10.0. The van der Waals surface area contributed by atoms with Crippen molar-refractivity contribution in [2.24, 2.45) is 5.16 Å². The largest absolute Gasteiger partial charge is 0.410 e. The topological polar surface area (TPSA) is 191 Å². The molecule has 1 aliphatic rings. The smallest absolute Gasteiger partial charge is 0.284 e. The van der Waals surface area contributed by atoms with Crippen molar-refractivity contribution in [2.75, 3.05) is 0 Å². The van der Waals surface area contributed by atoms with E-state index in [0.29, 0.717) is 0 Å². The Labute approximate surface area is 195 Å². The lowest BCUT2D eigenvalue weighted by Gasteiger charge is -2.16. The molecule has 0 bridgehead atoms. The average Bonchev–Trinajstić information content (AvgIpc) is 3.16. The van der Waals surface area contributed by atoms with Gasteiger partial charge in [-0.2, -0.15) is 0 Å².